The number of Topliss-reactive ketones (excluding diaryl/α,β-unsaturated/α-hetero) is 1. The van der Waals surface area contributed by atoms with Crippen LogP contribution in [0.1, 0.15) is 77.0 Å². The zero-order valence-corrected chi connectivity index (χ0v) is 19.4. The molecule has 2 aliphatic rings. The van der Waals surface area contributed by atoms with Gasteiger partial charge in [0.05, 0.1) is 0 Å². The van der Waals surface area contributed by atoms with Crippen molar-refractivity contribution in [3.63, 3.8) is 0 Å². The largest absolute Gasteiger partial charge is 0.473 e. The van der Waals surface area contributed by atoms with Crippen LogP contribution in [0.3, 0.4) is 0 Å². The van der Waals surface area contributed by atoms with E-state index >= 15 is 0 Å². The summed E-state index contributed by atoms with van der Waals surface area (Å²) in [6.07, 6.45) is 9.44. The number of nitrogens with zero attached hydrogens (tertiary/aromatic N) is 4. The van der Waals surface area contributed by atoms with Crippen LogP contribution in [-0.2, 0) is 9.63 Å². The maximum Gasteiger partial charge on any atom is 0.218 e. The molecule has 0 radical (unpaired) electrons. The smallest absolute Gasteiger partial charge is 0.218 e. The Kier molecular flexibility index (Phi) is 8.84. The number of likely N-dealkylation sites (tertiary alicyclic amines) is 1. The third-order valence-corrected chi connectivity index (χ3v) is 6.19. The summed E-state index contributed by atoms with van der Waals surface area (Å²) in [7, 11) is 2.11. The second kappa shape index (κ2) is 11.6. The van der Waals surface area contributed by atoms with Crippen molar-refractivity contribution >= 4 is 23.1 Å². The van der Waals surface area contributed by atoms with Crippen molar-refractivity contribution in [3.8, 4) is 5.88 Å². The number of ketones is 1. The molecule has 0 aliphatic carbocycles. The highest BCUT2D eigenvalue weighted by molar-refractivity contribution is 6.29. The molecule has 0 N–H and O–H groups in total. The number of oxime groups is 1. The highest BCUT2D eigenvalue weighted by Gasteiger charge is 2.28. The maximum absolute atomic E-state index is 12.2. The molecule has 2 atom stereocenters. The van der Waals surface area contributed by atoms with Gasteiger partial charge in [0.25, 0.3) is 0 Å². The topological polar surface area (TPSA) is 76.9 Å². The molecule has 1 fully saturated rings. The van der Waals surface area contributed by atoms with Crippen molar-refractivity contribution in [3.05, 3.63) is 29.4 Å². The summed E-state index contributed by atoms with van der Waals surface area (Å²) < 4.78 is 6.13. The fourth-order valence-electron chi connectivity index (χ4n) is 4.17. The van der Waals surface area contributed by atoms with E-state index in [1.807, 2.05) is 0 Å². The van der Waals surface area contributed by atoms with Gasteiger partial charge in [-0.05, 0) is 59.2 Å². The van der Waals surface area contributed by atoms with Crippen LogP contribution in [0.15, 0.2) is 23.6 Å². The van der Waals surface area contributed by atoms with Crippen molar-refractivity contribution in [2.45, 2.75) is 83.3 Å². The molecular weight excluding hydrogens is 416 g/mol. The van der Waals surface area contributed by atoms with Gasteiger partial charge in [-0.15, -0.1) is 0 Å². The standard InChI is InChI=1S/C23H33ClN4O3/c1-16(19-12-10-14-28(19)3)30-22-15-21(24)25-23(26-22)18-11-8-6-4-5-7-9-13-20(29)17(2)31-27-18/h15-16,19H,2,4-14H2,1,3H3/b27-18+/t16-,19-/m0/s1. The first-order chi connectivity index (χ1) is 14.9. The zero-order chi connectivity index (χ0) is 22.2. The Labute approximate surface area is 189 Å². The van der Waals surface area contributed by atoms with Crippen LogP contribution in [-0.4, -0.2) is 52.1 Å². The normalized spacial score (nSPS) is 24.9. The number of hydrogen-bond donors (Lipinski definition) is 0. The van der Waals surface area contributed by atoms with Gasteiger partial charge in [0.2, 0.25) is 5.88 Å². The average Bonchev–Trinajstić information content (AvgIpc) is 3.17. The fourth-order valence-corrected chi connectivity index (χ4v) is 4.34. The second-order valence-corrected chi connectivity index (χ2v) is 8.85. The average molecular weight is 449 g/mol. The van der Waals surface area contributed by atoms with Gasteiger partial charge in [-0.25, -0.2) is 4.98 Å². The van der Waals surface area contributed by atoms with E-state index in [9.17, 15) is 4.79 Å². The van der Waals surface area contributed by atoms with Crippen LogP contribution >= 0.6 is 11.6 Å². The summed E-state index contributed by atoms with van der Waals surface area (Å²) in [5.74, 6) is 0.717. The van der Waals surface area contributed by atoms with Gasteiger partial charge in [0, 0.05) is 18.5 Å². The molecule has 3 rings (SSSR count). The summed E-state index contributed by atoms with van der Waals surface area (Å²) >= 11 is 6.28. The Hall–Kier alpha value is -1.99. The molecule has 7 nitrogen and oxygen atoms in total. The second-order valence-electron chi connectivity index (χ2n) is 8.46. The van der Waals surface area contributed by atoms with Crippen LogP contribution in [0.4, 0.5) is 0 Å². The maximum atomic E-state index is 12.2. The summed E-state index contributed by atoms with van der Waals surface area (Å²) in [4.78, 5) is 28.8. The molecule has 1 aromatic heterocycles. The van der Waals surface area contributed by atoms with Gasteiger partial charge < -0.3 is 9.57 Å². The number of likely N-dealkylation sites (N-methyl/N-ethyl adjacent to an activating group) is 1. The van der Waals surface area contributed by atoms with Crippen LogP contribution in [0.25, 0.3) is 0 Å². The molecule has 0 aromatic carbocycles. The number of rotatable bonds is 4. The van der Waals surface area contributed by atoms with Crippen LogP contribution in [0.2, 0.25) is 5.15 Å². The minimum absolute atomic E-state index is 0.0260. The van der Waals surface area contributed by atoms with E-state index in [0.717, 1.165) is 51.5 Å². The quantitative estimate of drug-likeness (QED) is 0.480. The van der Waals surface area contributed by atoms with Crippen molar-refractivity contribution in [1.29, 1.82) is 0 Å². The summed E-state index contributed by atoms with van der Waals surface area (Å²) in [6, 6.07) is 1.97. The van der Waals surface area contributed by atoms with Crippen molar-refractivity contribution < 1.29 is 14.4 Å². The van der Waals surface area contributed by atoms with Gasteiger partial charge in [0.1, 0.15) is 17.0 Å². The summed E-state index contributed by atoms with van der Waals surface area (Å²) in [6.45, 7) is 6.85. The van der Waals surface area contributed by atoms with E-state index in [0.29, 0.717) is 36.3 Å². The van der Waals surface area contributed by atoms with E-state index in [1.54, 1.807) is 6.07 Å². The molecule has 0 unspecified atom stereocenters. The van der Waals surface area contributed by atoms with E-state index in [-0.39, 0.29) is 22.8 Å². The third kappa shape index (κ3) is 7.01. The molecule has 170 valence electrons. The van der Waals surface area contributed by atoms with Gasteiger partial charge >= 0.3 is 0 Å². The molecule has 31 heavy (non-hydrogen) atoms. The number of ether oxygens (including phenoxy) is 1. The molecule has 1 saturated heterocycles. The first-order valence-corrected chi connectivity index (χ1v) is 11.7. The number of aromatic nitrogens is 2. The molecule has 1 aromatic rings. The molecule has 0 spiro atoms. The van der Waals surface area contributed by atoms with Crippen molar-refractivity contribution in [1.82, 2.24) is 14.9 Å². The zero-order valence-electron chi connectivity index (χ0n) is 18.6. The lowest BCUT2D eigenvalue weighted by atomic mass is 10.1. The van der Waals surface area contributed by atoms with E-state index < -0.39 is 0 Å². The van der Waals surface area contributed by atoms with Crippen LogP contribution in [0, 0.1) is 0 Å². The molecule has 0 saturated carbocycles. The van der Waals surface area contributed by atoms with Gasteiger partial charge in [0.15, 0.2) is 17.4 Å². The van der Waals surface area contributed by atoms with Gasteiger partial charge in [-0.1, -0.05) is 42.4 Å². The molecule has 2 aliphatic heterocycles. The Balaban J connectivity index is 1.78. The predicted octanol–water partition coefficient (Wildman–Crippen LogP) is 4.93. The lowest BCUT2D eigenvalue weighted by Gasteiger charge is -2.26. The van der Waals surface area contributed by atoms with E-state index in [1.165, 1.54) is 6.42 Å². The van der Waals surface area contributed by atoms with E-state index in [2.05, 4.69) is 40.6 Å². The number of hydrogen-bond acceptors (Lipinski definition) is 7. The predicted molar refractivity (Wildman–Crippen MR) is 121 cm³/mol. The first-order valence-electron chi connectivity index (χ1n) is 11.3. The number of carbonyl (C=O) groups is 1. The van der Waals surface area contributed by atoms with Gasteiger partial charge in [-0.3, -0.25) is 9.69 Å². The highest BCUT2D eigenvalue weighted by Crippen LogP contribution is 2.23. The van der Waals surface area contributed by atoms with Gasteiger partial charge in [-0.2, -0.15) is 4.98 Å². The Bertz CT molecular complexity index is 814. The Morgan fingerprint density at radius 3 is 2.58 bits per heavy atom. The molecule has 0 amide bonds. The number of allylic oxidation sites excluding steroid dienone is 1. The lowest BCUT2D eigenvalue weighted by molar-refractivity contribution is -0.119. The number of halogens is 1. The minimum Gasteiger partial charge on any atom is -0.473 e. The number of carbonyl (C=O) groups excluding carboxylic acids is 1. The van der Waals surface area contributed by atoms with Crippen molar-refractivity contribution in [2.24, 2.45) is 5.16 Å². The van der Waals surface area contributed by atoms with E-state index in [4.69, 9.17) is 21.2 Å². The summed E-state index contributed by atoms with van der Waals surface area (Å²) in [5.41, 5.74) is 0.547. The monoisotopic (exact) mass is 448 g/mol. The third-order valence-electron chi connectivity index (χ3n) is 6.00. The van der Waals surface area contributed by atoms with Crippen LogP contribution < -0.4 is 4.74 Å². The highest BCUT2D eigenvalue weighted by atomic mass is 35.5. The molecule has 8 heteroatoms. The van der Waals surface area contributed by atoms with Crippen molar-refractivity contribution in [2.75, 3.05) is 13.6 Å². The minimum atomic E-state index is -0.118. The summed E-state index contributed by atoms with van der Waals surface area (Å²) in [5, 5.41) is 4.47. The lowest BCUT2D eigenvalue weighted by Crippen LogP contribution is -2.38. The fraction of sp³-hybridized carbons (Fsp3) is 0.652. The molecular formula is C23H33ClN4O3. The molecule has 0 bridgehead atoms. The SMILES string of the molecule is C=C1O/N=C(/c2nc(Cl)cc(O[C@@H](C)[C@@H]3CCCN3C)n2)CCCCCCCCC1=O. The van der Waals surface area contributed by atoms with Crippen LogP contribution in [0.5, 0.6) is 5.88 Å². The molecule has 3 heterocycles. The first kappa shape index (κ1) is 23.7. The Morgan fingerprint density at radius 1 is 1.16 bits per heavy atom. The Morgan fingerprint density at radius 2 is 1.87 bits per heavy atom.